The monoisotopic (exact) mass is 425 g/mol. The van der Waals surface area contributed by atoms with E-state index >= 15 is 0 Å². The molecule has 2 aromatic carbocycles. The Kier molecular flexibility index (Phi) is 9.10. The van der Waals surface area contributed by atoms with E-state index in [2.05, 4.69) is 17.4 Å². The fraction of sp³-hybridized carbons (Fsp3) is 0.462. The maximum Gasteiger partial charge on any atom is 0.306 e. The SMILES string of the molecule is CCOC(=O)CCc1ccc(NC(=O)C(C)(C)CCCOc2cc(C)ccc2C)cc1. The molecule has 1 N–H and O–H groups in total. The molecule has 0 radical (unpaired) electrons. The Balaban J connectivity index is 1.79. The Bertz CT molecular complexity index is 871. The first-order valence-corrected chi connectivity index (χ1v) is 11.0. The summed E-state index contributed by atoms with van der Waals surface area (Å²) in [6.07, 6.45) is 2.50. The Labute approximate surface area is 186 Å². The Morgan fingerprint density at radius 1 is 1.03 bits per heavy atom. The van der Waals surface area contributed by atoms with Gasteiger partial charge in [0.05, 0.1) is 13.2 Å². The summed E-state index contributed by atoms with van der Waals surface area (Å²) >= 11 is 0. The largest absolute Gasteiger partial charge is 0.493 e. The standard InChI is InChI=1S/C26H35NO4/c1-6-30-24(28)15-12-21-10-13-22(14-11-21)27-25(29)26(4,5)16-7-17-31-23-18-19(2)8-9-20(23)3/h8-11,13-14,18H,6-7,12,15-17H2,1-5H3,(H,27,29). The molecule has 0 fully saturated rings. The average Bonchev–Trinajstić information content (AvgIpc) is 2.73. The van der Waals surface area contributed by atoms with Crippen LogP contribution < -0.4 is 10.1 Å². The molecule has 0 aromatic heterocycles. The molecule has 5 nitrogen and oxygen atoms in total. The van der Waals surface area contributed by atoms with Gasteiger partial charge in [0.1, 0.15) is 5.75 Å². The molecule has 2 rings (SSSR count). The van der Waals surface area contributed by atoms with Crippen molar-refractivity contribution in [2.45, 2.75) is 60.3 Å². The number of esters is 1. The van der Waals surface area contributed by atoms with E-state index in [1.165, 1.54) is 5.56 Å². The summed E-state index contributed by atoms with van der Waals surface area (Å²) in [6.45, 7) is 10.8. The van der Waals surface area contributed by atoms with Crippen LogP contribution in [-0.4, -0.2) is 25.1 Å². The number of ether oxygens (including phenoxy) is 2. The molecule has 5 heteroatoms. The topological polar surface area (TPSA) is 64.6 Å². The maximum atomic E-state index is 12.8. The zero-order valence-corrected chi connectivity index (χ0v) is 19.4. The van der Waals surface area contributed by atoms with Gasteiger partial charge >= 0.3 is 5.97 Å². The van der Waals surface area contributed by atoms with E-state index in [4.69, 9.17) is 9.47 Å². The Morgan fingerprint density at radius 2 is 1.74 bits per heavy atom. The van der Waals surface area contributed by atoms with Crippen molar-refractivity contribution in [1.82, 2.24) is 0 Å². The number of aryl methyl sites for hydroxylation is 3. The summed E-state index contributed by atoms with van der Waals surface area (Å²) in [5.41, 5.74) is 3.58. The lowest BCUT2D eigenvalue weighted by atomic mass is 9.87. The van der Waals surface area contributed by atoms with Gasteiger partial charge in [0, 0.05) is 17.5 Å². The highest BCUT2D eigenvalue weighted by Gasteiger charge is 2.27. The summed E-state index contributed by atoms with van der Waals surface area (Å²) in [4.78, 5) is 24.2. The van der Waals surface area contributed by atoms with Crippen LogP contribution in [0.15, 0.2) is 42.5 Å². The third kappa shape index (κ3) is 8.08. The van der Waals surface area contributed by atoms with Crippen LogP contribution in [0.25, 0.3) is 0 Å². The second-order valence-electron chi connectivity index (χ2n) is 8.56. The molecule has 31 heavy (non-hydrogen) atoms. The van der Waals surface area contributed by atoms with Crippen molar-refractivity contribution in [2.75, 3.05) is 18.5 Å². The minimum absolute atomic E-state index is 0.0153. The van der Waals surface area contributed by atoms with Gasteiger partial charge in [0.2, 0.25) is 5.91 Å². The Morgan fingerprint density at radius 3 is 2.42 bits per heavy atom. The summed E-state index contributed by atoms with van der Waals surface area (Å²) in [7, 11) is 0. The van der Waals surface area contributed by atoms with Gasteiger partial charge < -0.3 is 14.8 Å². The zero-order chi connectivity index (χ0) is 22.9. The first kappa shape index (κ1) is 24.4. The highest BCUT2D eigenvalue weighted by molar-refractivity contribution is 5.94. The molecule has 168 valence electrons. The van der Waals surface area contributed by atoms with Crippen LogP contribution in [0, 0.1) is 19.3 Å². The van der Waals surface area contributed by atoms with Crippen molar-refractivity contribution >= 4 is 17.6 Å². The van der Waals surface area contributed by atoms with Gasteiger partial charge in [-0.25, -0.2) is 0 Å². The molecule has 0 atom stereocenters. The van der Waals surface area contributed by atoms with Crippen LogP contribution >= 0.6 is 0 Å². The smallest absolute Gasteiger partial charge is 0.306 e. The highest BCUT2D eigenvalue weighted by atomic mass is 16.5. The van der Waals surface area contributed by atoms with E-state index < -0.39 is 5.41 Å². The van der Waals surface area contributed by atoms with Crippen LogP contribution in [0.4, 0.5) is 5.69 Å². The molecule has 0 saturated heterocycles. The van der Waals surface area contributed by atoms with Crippen molar-refractivity contribution in [3.05, 3.63) is 59.2 Å². The van der Waals surface area contributed by atoms with Gasteiger partial charge in [0.15, 0.2) is 0 Å². The number of amides is 1. The number of hydrogen-bond donors (Lipinski definition) is 1. The fourth-order valence-corrected chi connectivity index (χ4v) is 3.21. The fourth-order valence-electron chi connectivity index (χ4n) is 3.21. The van der Waals surface area contributed by atoms with Crippen LogP contribution in [-0.2, 0) is 20.7 Å². The predicted molar refractivity (Wildman–Crippen MR) is 124 cm³/mol. The number of rotatable bonds is 11. The van der Waals surface area contributed by atoms with Crippen molar-refractivity contribution in [2.24, 2.45) is 5.41 Å². The minimum Gasteiger partial charge on any atom is -0.493 e. The number of carbonyl (C=O) groups is 2. The molecule has 0 aliphatic carbocycles. The molecule has 2 aromatic rings. The molecule has 0 bridgehead atoms. The lowest BCUT2D eigenvalue weighted by Crippen LogP contribution is -2.31. The molecule has 0 heterocycles. The van der Waals surface area contributed by atoms with E-state index in [0.717, 1.165) is 35.4 Å². The number of carbonyl (C=O) groups excluding carboxylic acids is 2. The first-order chi connectivity index (χ1) is 14.7. The number of hydrogen-bond acceptors (Lipinski definition) is 4. The molecule has 0 unspecified atom stereocenters. The van der Waals surface area contributed by atoms with E-state index in [1.807, 2.05) is 58.0 Å². The summed E-state index contributed by atoms with van der Waals surface area (Å²) in [5.74, 6) is 0.701. The number of nitrogens with one attached hydrogen (secondary N) is 1. The van der Waals surface area contributed by atoms with Crippen molar-refractivity contribution in [3.63, 3.8) is 0 Å². The molecule has 0 aliphatic heterocycles. The van der Waals surface area contributed by atoms with Crippen LogP contribution in [0.2, 0.25) is 0 Å². The minimum atomic E-state index is -0.506. The predicted octanol–water partition coefficient (Wildman–Crippen LogP) is 5.62. The highest BCUT2D eigenvalue weighted by Crippen LogP contribution is 2.26. The van der Waals surface area contributed by atoms with Gasteiger partial charge in [-0.3, -0.25) is 9.59 Å². The third-order valence-electron chi connectivity index (χ3n) is 5.30. The normalized spacial score (nSPS) is 11.1. The van der Waals surface area contributed by atoms with Gasteiger partial charge in [0.25, 0.3) is 0 Å². The van der Waals surface area contributed by atoms with Crippen molar-refractivity contribution < 1.29 is 19.1 Å². The van der Waals surface area contributed by atoms with Gasteiger partial charge in [-0.2, -0.15) is 0 Å². The van der Waals surface area contributed by atoms with Crippen LogP contribution in [0.1, 0.15) is 56.7 Å². The van der Waals surface area contributed by atoms with Gasteiger partial charge in [-0.05, 0) is 74.9 Å². The second-order valence-corrected chi connectivity index (χ2v) is 8.56. The summed E-state index contributed by atoms with van der Waals surface area (Å²) in [5, 5.41) is 3.00. The van der Waals surface area contributed by atoms with E-state index in [9.17, 15) is 9.59 Å². The quantitative estimate of drug-likeness (QED) is 0.375. The molecule has 0 spiro atoms. The maximum absolute atomic E-state index is 12.8. The molecule has 1 amide bonds. The van der Waals surface area contributed by atoms with Crippen LogP contribution in [0.3, 0.4) is 0 Å². The van der Waals surface area contributed by atoms with Gasteiger partial charge in [-0.1, -0.05) is 38.1 Å². The summed E-state index contributed by atoms with van der Waals surface area (Å²) in [6, 6.07) is 13.8. The van der Waals surface area contributed by atoms with E-state index in [-0.39, 0.29) is 11.9 Å². The Hall–Kier alpha value is -2.82. The molecule has 0 aliphatic rings. The van der Waals surface area contributed by atoms with E-state index in [0.29, 0.717) is 26.1 Å². The molecule has 0 saturated carbocycles. The molecular weight excluding hydrogens is 390 g/mol. The van der Waals surface area contributed by atoms with Crippen molar-refractivity contribution in [1.29, 1.82) is 0 Å². The van der Waals surface area contributed by atoms with E-state index in [1.54, 1.807) is 6.92 Å². The third-order valence-corrected chi connectivity index (χ3v) is 5.30. The lowest BCUT2D eigenvalue weighted by Gasteiger charge is -2.24. The van der Waals surface area contributed by atoms with Crippen molar-refractivity contribution in [3.8, 4) is 5.75 Å². The zero-order valence-electron chi connectivity index (χ0n) is 19.4. The average molecular weight is 426 g/mol. The molecular formula is C26H35NO4. The summed E-state index contributed by atoms with van der Waals surface area (Å²) < 4.78 is 10.9. The number of anilines is 1. The first-order valence-electron chi connectivity index (χ1n) is 11.0. The second kappa shape index (κ2) is 11.5. The lowest BCUT2D eigenvalue weighted by molar-refractivity contribution is -0.143. The number of benzene rings is 2. The van der Waals surface area contributed by atoms with Crippen LogP contribution in [0.5, 0.6) is 5.75 Å². The van der Waals surface area contributed by atoms with Gasteiger partial charge in [-0.15, -0.1) is 0 Å².